The highest BCUT2D eigenvalue weighted by molar-refractivity contribution is 9.10. The Hall–Kier alpha value is -0.720. The average Bonchev–Trinajstić information content (AvgIpc) is 1.99. The summed E-state index contributed by atoms with van der Waals surface area (Å²) >= 11 is 2.60. The largest absolute Gasteiger partial charge is 0.417 e. The van der Waals surface area contributed by atoms with Crippen molar-refractivity contribution in [3.63, 3.8) is 0 Å². The summed E-state index contributed by atoms with van der Waals surface area (Å²) in [7, 11) is 0. The fraction of sp³-hybridized carbons (Fsp3) is 0.375. The van der Waals surface area contributed by atoms with E-state index >= 15 is 0 Å². The minimum Gasteiger partial charge on any atom is -0.246 e. The van der Waals surface area contributed by atoms with Crippen molar-refractivity contribution in [2.45, 2.75) is 19.5 Å². The molecule has 0 unspecified atom stereocenters. The van der Waals surface area contributed by atoms with E-state index in [4.69, 9.17) is 0 Å². The molecule has 84 valence electrons. The molecule has 1 aromatic rings. The van der Waals surface area contributed by atoms with E-state index in [1.807, 2.05) is 0 Å². The lowest BCUT2D eigenvalue weighted by molar-refractivity contribution is -0.139. The van der Waals surface area contributed by atoms with Gasteiger partial charge in [0.15, 0.2) is 0 Å². The Morgan fingerprint density at radius 1 is 1.33 bits per heavy atom. The van der Waals surface area contributed by atoms with Gasteiger partial charge in [-0.05, 0) is 28.9 Å². The van der Waals surface area contributed by atoms with Crippen molar-refractivity contribution in [2.75, 3.05) is 0 Å². The number of pyridine rings is 1. The highest BCUT2D eigenvalue weighted by Gasteiger charge is 2.37. The molecular formula is C8H5BrF5N. The quantitative estimate of drug-likeness (QED) is 0.560. The molecule has 7 heteroatoms. The van der Waals surface area contributed by atoms with Crippen molar-refractivity contribution >= 4 is 15.9 Å². The molecule has 0 saturated carbocycles. The molecule has 0 saturated heterocycles. The van der Waals surface area contributed by atoms with Gasteiger partial charge < -0.3 is 0 Å². The van der Waals surface area contributed by atoms with E-state index in [0.29, 0.717) is 6.07 Å². The maximum atomic E-state index is 12.4. The molecule has 0 radical (unpaired) electrons. The third kappa shape index (κ3) is 2.64. The standard InChI is InChI=1S/C8H5BrF5N/c1-3-2-4(8(12,13)14)5(7(10)11)6(9)15-3/h2,7H,1H3. The van der Waals surface area contributed by atoms with Crippen molar-refractivity contribution in [3.8, 4) is 0 Å². The van der Waals surface area contributed by atoms with Crippen molar-refractivity contribution < 1.29 is 22.0 Å². The van der Waals surface area contributed by atoms with Crippen molar-refractivity contribution in [2.24, 2.45) is 0 Å². The summed E-state index contributed by atoms with van der Waals surface area (Å²) in [6.07, 6.45) is -8.02. The summed E-state index contributed by atoms with van der Waals surface area (Å²) in [5.41, 5.74) is -2.44. The normalized spacial score (nSPS) is 12.3. The van der Waals surface area contributed by atoms with Crippen LogP contribution in [-0.4, -0.2) is 4.98 Å². The van der Waals surface area contributed by atoms with Gasteiger partial charge in [0.25, 0.3) is 6.43 Å². The van der Waals surface area contributed by atoms with Crippen LogP contribution in [0.5, 0.6) is 0 Å². The molecule has 15 heavy (non-hydrogen) atoms. The van der Waals surface area contributed by atoms with E-state index in [0.717, 1.165) is 0 Å². The molecule has 0 aliphatic carbocycles. The fourth-order valence-electron chi connectivity index (χ4n) is 1.09. The van der Waals surface area contributed by atoms with E-state index in [1.54, 1.807) is 0 Å². The van der Waals surface area contributed by atoms with Gasteiger partial charge in [0.2, 0.25) is 0 Å². The maximum absolute atomic E-state index is 12.4. The minimum absolute atomic E-state index is 0.0265. The number of halogens is 6. The van der Waals surface area contributed by atoms with Crippen LogP contribution < -0.4 is 0 Å². The Bertz CT molecular complexity index is 374. The first-order chi connectivity index (χ1) is 6.73. The van der Waals surface area contributed by atoms with Crippen LogP contribution in [0.4, 0.5) is 22.0 Å². The third-order valence-electron chi connectivity index (χ3n) is 1.66. The topological polar surface area (TPSA) is 12.9 Å². The molecule has 0 aliphatic rings. The van der Waals surface area contributed by atoms with Crippen LogP contribution in [0.2, 0.25) is 0 Å². The molecule has 0 atom stereocenters. The molecule has 0 N–H and O–H groups in total. The Balaban J connectivity index is 3.47. The van der Waals surface area contributed by atoms with Gasteiger partial charge in [0, 0.05) is 5.69 Å². The summed E-state index contributed by atoms with van der Waals surface area (Å²) in [6, 6.07) is 0.603. The smallest absolute Gasteiger partial charge is 0.246 e. The van der Waals surface area contributed by atoms with E-state index in [1.165, 1.54) is 6.92 Å². The Labute approximate surface area is 90.4 Å². The molecule has 0 amide bonds. The first-order valence-electron chi connectivity index (χ1n) is 3.76. The predicted molar refractivity (Wildman–Crippen MR) is 46.6 cm³/mol. The van der Waals surface area contributed by atoms with Crippen LogP contribution in [0.3, 0.4) is 0 Å². The first-order valence-corrected chi connectivity index (χ1v) is 4.55. The predicted octanol–water partition coefficient (Wildman–Crippen LogP) is 4.11. The van der Waals surface area contributed by atoms with E-state index in [-0.39, 0.29) is 5.69 Å². The van der Waals surface area contributed by atoms with Gasteiger partial charge in [-0.3, -0.25) is 0 Å². The lowest BCUT2D eigenvalue weighted by Gasteiger charge is -2.14. The Kier molecular flexibility index (Phi) is 3.32. The summed E-state index contributed by atoms with van der Waals surface area (Å²) in [5, 5.41) is 0. The summed E-state index contributed by atoms with van der Waals surface area (Å²) in [6.45, 7) is 1.30. The Morgan fingerprint density at radius 2 is 1.87 bits per heavy atom. The molecule has 0 fully saturated rings. The molecular weight excluding hydrogens is 285 g/mol. The van der Waals surface area contributed by atoms with E-state index in [9.17, 15) is 22.0 Å². The lowest BCUT2D eigenvalue weighted by Crippen LogP contribution is -2.11. The minimum atomic E-state index is -4.80. The molecule has 1 nitrogen and oxygen atoms in total. The zero-order chi connectivity index (χ0) is 11.8. The molecule has 0 aliphatic heterocycles. The van der Waals surface area contributed by atoms with Gasteiger partial charge in [-0.15, -0.1) is 0 Å². The Morgan fingerprint density at radius 3 is 2.27 bits per heavy atom. The number of hydrogen-bond donors (Lipinski definition) is 0. The van der Waals surface area contributed by atoms with Gasteiger partial charge in [0.05, 0.1) is 11.1 Å². The zero-order valence-electron chi connectivity index (χ0n) is 7.37. The fourth-order valence-corrected chi connectivity index (χ4v) is 1.75. The van der Waals surface area contributed by atoms with E-state index < -0.39 is 28.3 Å². The van der Waals surface area contributed by atoms with Gasteiger partial charge in [-0.1, -0.05) is 0 Å². The number of rotatable bonds is 1. The second-order valence-electron chi connectivity index (χ2n) is 2.81. The molecule has 0 aromatic carbocycles. The van der Waals surface area contributed by atoms with Crippen LogP contribution in [0, 0.1) is 6.92 Å². The van der Waals surface area contributed by atoms with Crippen molar-refractivity contribution in [3.05, 3.63) is 27.5 Å². The zero-order valence-corrected chi connectivity index (χ0v) is 8.96. The van der Waals surface area contributed by atoms with Crippen LogP contribution in [0.15, 0.2) is 10.7 Å². The monoisotopic (exact) mass is 289 g/mol. The molecule has 0 bridgehead atoms. The van der Waals surface area contributed by atoms with Crippen LogP contribution in [-0.2, 0) is 6.18 Å². The summed E-state index contributed by atoms with van der Waals surface area (Å²) in [5.74, 6) is 0. The van der Waals surface area contributed by atoms with Gasteiger partial charge in [-0.25, -0.2) is 13.8 Å². The van der Waals surface area contributed by atoms with Crippen molar-refractivity contribution in [1.29, 1.82) is 0 Å². The van der Waals surface area contributed by atoms with Gasteiger partial charge >= 0.3 is 6.18 Å². The summed E-state index contributed by atoms with van der Waals surface area (Å²) in [4.78, 5) is 3.51. The molecule has 0 spiro atoms. The number of aromatic nitrogens is 1. The van der Waals surface area contributed by atoms with Gasteiger partial charge in [-0.2, -0.15) is 13.2 Å². The molecule has 1 heterocycles. The molecule has 1 aromatic heterocycles. The summed E-state index contributed by atoms with van der Waals surface area (Å²) < 4.78 is 61.5. The second kappa shape index (κ2) is 4.03. The van der Waals surface area contributed by atoms with Crippen molar-refractivity contribution in [1.82, 2.24) is 4.98 Å². The first kappa shape index (κ1) is 12.4. The maximum Gasteiger partial charge on any atom is 0.417 e. The number of nitrogens with zero attached hydrogens (tertiary/aromatic N) is 1. The SMILES string of the molecule is Cc1cc(C(F)(F)F)c(C(F)F)c(Br)n1. The number of hydrogen-bond acceptors (Lipinski definition) is 1. The highest BCUT2D eigenvalue weighted by atomic mass is 79.9. The van der Waals surface area contributed by atoms with Crippen LogP contribution >= 0.6 is 15.9 Å². The lowest BCUT2D eigenvalue weighted by atomic mass is 10.1. The van der Waals surface area contributed by atoms with E-state index in [2.05, 4.69) is 20.9 Å². The number of alkyl halides is 5. The average molecular weight is 290 g/mol. The van der Waals surface area contributed by atoms with Crippen LogP contribution in [0.1, 0.15) is 23.2 Å². The van der Waals surface area contributed by atoms with Crippen LogP contribution in [0.25, 0.3) is 0 Å². The number of aryl methyl sites for hydroxylation is 1. The highest BCUT2D eigenvalue weighted by Crippen LogP contribution is 2.39. The third-order valence-corrected chi connectivity index (χ3v) is 2.27. The van der Waals surface area contributed by atoms with Gasteiger partial charge in [0.1, 0.15) is 4.60 Å². The molecule has 1 rings (SSSR count). The second-order valence-corrected chi connectivity index (χ2v) is 3.57.